The summed E-state index contributed by atoms with van der Waals surface area (Å²) >= 11 is 0. The summed E-state index contributed by atoms with van der Waals surface area (Å²) in [6, 6.07) is 4.75. The Labute approximate surface area is 134 Å². The quantitative estimate of drug-likeness (QED) is 0.934. The number of sulfonamides is 1. The first-order valence-corrected chi connectivity index (χ1v) is 9.79. The van der Waals surface area contributed by atoms with E-state index in [1.165, 1.54) is 25.1 Å². The first-order valence-electron chi connectivity index (χ1n) is 8.35. The fraction of sp³-hybridized carbons (Fsp3) is 0.529. The molecule has 2 unspecified atom stereocenters. The molecule has 1 aromatic heterocycles. The average Bonchev–Trinajstić information content (AvgIpc) is 3.38. The van der Waals surface area contributed by atoms with Gasteiger partial charge in [-0.2, -0.15) is 4.31 Å². The maximum absolute atomic E-state index is 14.2. The Balaban J connectivity index is 1.56. The van der Waals surface area contributed by atoms with Gasteiger partial charge in [0.25, 0.3) is 0 Å². The molecule has 122 valence electrons. The third-order valence-electron chi connectivity index (χ3n) is 5.70. The normalized spacial score (nSPS) is 28.9. The van der Waals surface area contributed by atoms with E-state index in [4.69, 9.17) is 0 Å². The molecular weight excluding hydrogens is 315 g/mol. The van der Waals surface area contributed by atoms with E-state index in [1.807, 2.05) is 0 Å². The molecular formula is C17H19FN2O2S. The van der Waals surface area contributed by atoms with Gasteiger partial charge in [0.15, 0.2) is 0 Å². The number of rotatable bonds is 4. The average molecular weight is 334 g/mol. The lowest BCUT2D eigenvalue weighted by Crippen LogP contribution is -2.60. The van der Waals surface area contributed by atoms with Gasteiger partial charge in [-0.15, -0.1) is 0 Å². The minimum Gasteiger partial charge on any atom is -0.360 e. The van der Waals surface area contributed by atoms with Crippen LogP contribution in [0.4, 0.5) is 4.39 Å². The second-order valence-electron chi connectivity index (χ2n) is 7.22. The van der Waals surface area contributed by atoms with Gasteiger partial charge >= 0.3 is 0 Å². The predicted octanol–water partition coefficient (Wildman–Crippen LogP) is 3.12. The fourth-order valence-electron chi connectivity index (χ4n) is 4.19. The maximum atomic E-state index is 14.2. The van der Waals surface area contributed by atoms with E-state index in [9.17, 15) is 12.8 Å². The van der Waals surface area contributed by atoms with Gasteiger partial charge in [-0.1, -0.05) is 6.07 Å². The van der Waals surface area contributed by atoms with Gasteiger partial charge in [0, 0.05) is 24.3 Å². The van der Waals surface area contributed by atoms with Crippen molar-refractivity contribution in [2.75, 3.05) is 6.54 Å². The molecule has 1 saturated heterocycles. The van der Waals surface area contributed by atoms with E-state index in [1.54, 1.807) is 16.4 Å². The number of halogens is 1. The third-order valence-corrected chi connectivity index (χ3v) is 7.59. The number of H-pyrrole nitrogens is 1. The molecule has 23 heavy (non-hydrogen) atoms. The fourth-order valence-corrected chi connectivity index (χ4v) is 6.13. The maximum Gasteiger partial charge on any atom is 0.245 e. The van der Waals surface area contributed by atoms with E-state index in [-0.39, 0.29) is 16.3 Å². The minimum atomic E-state index is -3.64. The monoisotopic (exact) mass is 334 g/mol. The standard InChI is InChI=1S/C17H19FN2O2S/c18-13-2-1-3-14-16(13)15(8-19-14)23(21,22)20-9-12(10-4-5-10)17(20)11-6-7-11/h1-3,8,10-12,17,19H,4-7,9H2. The number of nitrogens with zero attached hydrogens (tertiary/aromatic N) is 1. The molecule has 4 nitrogen and oxygen atoms in total. The number of benzene rings is 1. The molecule has 2 aliphatic carbocycles. The molecule has 2 aromatic rings. The number of aromatic amines is 1. The summed E-state index contributed by atoms with van der Waals surface area (Å²) < 4.78 is 42.0. The first kappa shape index (κ1) is 14.0. The van der Waals surface area contributed by atoms with Crippen LogP contribution < -0.4 is 0 Å². The zero-order valence-corrected chi connectivity index (χ0v) is 13.5. The summed E-state index contributed by atoms with van der Waals surface area (Å²) in [5.41, 5.74) is 0.533. The topological polar surface area (TPSA) is 53.2 Å². The Morgan fingerprint density at radius 1 is 1.13 bits per heavy atom. The first-order chi connectivity index (χ1) is 11.1. The van der Waals surface area contributed by atoms with Crippen molar-refractivity contribution in [3.63, 3.8) is 0 Å². The van der Waals surface area contributed by atoms with E-state index in [0.29, 0.717) is 29.8 Å². The number of aromatic nitrogens is 1. The minimum absolute atomic E-state index is 0.0884. The Morgan fingerprint density at radius 2 is 1.87 bits per heavy atom. The lowest BCUT2D eigenvalue weighted by Gasteiger charge is -2.47. The molecule has 1 aliphatic heterocycles. The van der Waals surface area contributed by atoms with E-state index >= 15 is 0 Å². The largest absolute Gasteiger partial charge is 0.360 e. The van der Waals surface area contributed by atoms with E-state index in [0.717, 1.165) is 12.8 Å². The van der Waals surface area contributed by atoms with Gasteiger partial charge < -0.3 is 4.98 Å². The van der Waals surface area contributed by atoms with Crippen molar-refractivity contribution in [3.8, 4) is 0 Å². The highest BCUT2D eigenvalue weighted by molar-refractivity contribution is 7.89. The summed E-state index contributed by atoms with van der Waals surface area (Å²) in [7, 11) is -3.64. The summed E-state index contributed by atoms with van der Waals surface area (Å²) in [6.45, 7) is 0.606. The molecule has 1 N–H and O–H groups in total. The van der Waals surface area contributed by atoms with Crippen molar-refractivity contribution in [1.82, 2.24) is 9.29 Å². The van der Waals surface area contributed by atoms with Crippen molar-refractivity contribution < 1.29 is 12.8 Å². The lowest BCUT2D eigenvalue weighted by molar-refractivity contribution is 0.0658. The van der Waals surface area contributed by atoms with Crippen molar-refractivity contribution in [1.29, 1.82) is 0 Å². The lowest BCUT2D eigenvalue weighted by atomic mass is 9.84. The smallest absolute Gasteiger partial charge is 0.245 e. The van der Waals surface area contributed by atoms with Gasteiger partial charge in [0.1, 0.15) is 10.7 Å². The molecule has 6 heteroatoms. The SMILES string of the molecule is O=S(=O)(c1c[nH]c2cccc(F)c12)N1CC(C2CC2)C1C1CC1. The number of hydrogen-bond donors (Lipinski definition) is 1. The molecule has 0 spiro atoms. The van der Waals surface area contributed by atoms with Gasteiger partial charge in [-0.25, -0.2) is 12.8 Å². The molecule has 2 atom stereocenters. The van der Waals surface area contributed by atoms with Crippen molar-refractivity contribution in [2.24, 2.45) is 17.8 Å². The molecule has 3 fully saturated rings. The van der Waals surface area contributed by atoms with Crippen LogP contribution in [-0.4, -0.2) is 30.3 Å². The van der Waals surface area contributed by atoms with Gasteiger partial charge in [0.2, 0.25) is 10.0 Å². The van der Waals surface area contributed by atoms with Crippen molar-refractivity contribution in [3.05, 3.63) is 30.2 Å². The van der Waals surface area contributed by atoms with Crippen LogP contribution in [0.2, 0.25) is 0 Å². The van der Waals surface area contributed by atoms with Gasteiger partial charge in [0.05, 0.1) is 5.39 Å². The number of fused-ring (bicyclic) bond motifs is 1. The molecule has 3 aliphatic rings. The van der Waals surface area contributed by atoms with E-state index < -0.39 is 15.8 Å². The Morgan fingerprint density at radius 3 is 2.57 bits per heavy atom. The summed E-state index contributed by atoms with van der Waals surface area (Å²) in [5.74, 6) is 1.27. The Bertz CT molecular complexity index is 883. The van der Waals surface area contributed by atoms with Crippen LogP contribution in [0, 0.1) is 23.6 Å². The van der Waals surface area contributed by atoms with Gasteiger partial charge in [-0.05, 0) is 55.6 Å². The highest BCUT2D eigenvalue weighted by Gasteiger charge is 2.57. The zero-order chi connectivity index (χ0) is 15.8. The Hall–Kier alpha value is -1.40. The number of hydrogen-bond acceptors (Lipinski definition) is 2. The van der Waals surface area contributed by atoms with Crippen LogP contribution in [0.25, 0.3) is 10.9 Å². The molecule has 1 aromatic carbocycles. The van der Waals surface area contributed by atoms with Crippen molar-refractivity contribution in [2.45, 2.75) is 36.6 Å². The van der Waals surface area contributed by atoms with Crippen LogP contribution in [0.1, 0.15) is 25.7 Å². The number of nitrogens with one attached hydrogen (secondary N) is 1. The predicted molar refractivity (Wildman–Crippen MR) is 84.9 cm³/mol. The molecule has 2 heterocycles. The third kappa shape index (κ3) is 2.01. The van der Waals surface area contributed by atoms with Crippen LogP contribution in [0.15, 0.2) is 29.3 Å². The van der Waals surface area contributed by atoms with E-state index in [2.05, 4.69) is 4.98 Å². The summed E-state index contributed by atoms with van der Waals surface area (Å²) in [5, 5.41) is 0.192. The highest BCUT2D eigenvalue weighted by Crippen LogP contribution is 2.54. The van der Waals surface area contributed by atoms with Crippen molar-refractivity contribution >= 4 is 20.9 Å². The molecule has 0 bridgehead atoms. The summed E-state index contributed by atoms with van der Waals surface area (Å²) in [6.07, 6.45) is 6.18. The zero-order valence-electron chi connectivity index (χ0n) is 12.7. The van der Waals surface area contributed by atoms with Crippen LogP contribution in [-0.2, 0) is 10.0 Å². The Kier molecular flexibility index (Phi) is 2.78. The van der Waals surface area contributed by atoms with Crippen LogP contribution >= 0.6 is 0 Å². The summed E-state index contributed by atoms with van der Waals surface area (Å²) in [4.78, 5) is 2.99. The second kappa shape index (κ2) is 4.57. The molecule has 2 saturated carbocycles. The van der Waals surface area contributed by atoms with Crippen LogP contribution in [0.5, 0.6) is 0 Å². The highest BCUT2D eigenvalue weighted by atomic mass is 32.2. The van der Waals surface area contributed by atoms with Gasteiger partial charge in [-0.3, -0.25) is 0 Å². The molecule has 0 amide bonds. The van der Waals surface area contributed by atoms with Crippen LogP contribution in [0.3, 0.4) is 0 Å². The molecule has 5 rings (SSSR count). The second-order valence-corrected chi connectivity index (χ2v) is 9.08. The molecule has 0 radical (unpaired) electrons.